The molecule has 0 spiro atoms. The standard InChI is InChI=1S/C17H21ClN2/c1-3-19-12-14-8-10-16(11-9-14)20(2)13-15-6-4-5-7-17(15)18/h4-11,19H,3,12-13H2,1-2H3. The lowest BCUT2D eigenvalue weighted by Crippen LogP contribution is -2.17. The Bertz CT molecular complexity index is 537. The highest BCUT2D eigenvalue weighted by Crippen LogP contribution is 2.20. The summed E-state index contributed by atoms with van der Waals surface area (Å²) in [5.41, 5.74) is 3.65. The van der Waals surface area contributed by atoms with Gasteiger partial charge in [-0.05, 0) is 35.9 Å². The highest BCUT2D eigenvalue weighted by Gasteiger charge is 2.05. The Kier molecular flexibility index (Phi) is 5.45. The summed E-state index contributed by atoms with van der Waals surface area (Å²) >= 11 is 6.20. The molecule has 0 bridgehead atoms. The number of benzene rings is 2. The van der Waals surface area contributed by atoms with Gasteiger partial charge in [-0.2, -0.15) is 0 Å². The molecule has 2 rings (SSSR count). The highest BCUT2D eigenvalue weighted by atomic mass is 35.5. The summed E-state index contributed by atoms with van der Waals surface area (Å²) in [5.74, 6) is 0. The molecule has 0 unspecified atom stereocenters. The maximum atomic E-state index is 6.20. The third-order valence-corrected chi connectivity index (χ3v) is 3.69. The quantitative estimate of drug-likeness (QED) is 0.861. The first-order valence-corrected chi connectivity index (χ1v) is 7.32. The maximum Gasteiger partial charge on any atom is 0.0455 e. The molecule has 0 heterocycles. The largest absolute Gasteiger partial charge is 0.370 e. The Hall–Kier alpha value is -1.51. The molecule has 3 heteroatoms. The van der Waals surface area contributed by atoms with Crippen molar-refractivity contribution in [1.82, 2.24) is 5.32 Å². The van der Waals surface area contributed by atoms with Crippen molar-refractivity contribution < 1.29 is 0 Å². The van der Waals surface area contributed by atoms with Crippen LogP contribution in [0.4, 0.5) is 5.69 Å². The van der Waals surface area contributed by atoms with Crippen molar-refractivity contribution in [1.29, 1.82) is 0 Å². The molecule has 0 fully saturated rings. The van der Waals surface area contributed by atoms with E-state index in [0.717, 1.165) is 30.2 Å². The van der Waals surface area contributed by atoms with Gasteiger partial charge in [0.25, 0.3) is 0 Å². The fourth-order valence-corrected chi connectivity index (χ4v) is 2.31. The molecule has 0 aliphatic rings. The maximum absolute atomic E-state index is 6.20. The average molecular weight is 289 g/mol. The summed E-state index contributed by atoms with van der Waals surface area (Å²) in [4.78, 5) is 2.21. The van der Waals surface area contributed by atoms with Gasteiger partial charge >= 0.3 is 0 Å². The molecule has 0 atom stereocenters. The molecule has 0 saturated heterocycles. The lowest BCUT2D eigenvalue weighted by Gasteiger charge is -2.20. The second-order valence-corrected chi connectivity index (χ2v) is 5.30. The minimum Gasteiger partial charge on any atom is -0.370 e. The monoisotopic (exact) mass is 288 g/mol. The minimum atomic E-state index is 0.812. The Morgan fingerprint density at radius 3 is 2.40 bits per heavy atom. The van der Waals surface area contributed by atoms with Gasteiger partial charge in [-0.3, -0.25) is 0 Å². The molecule has 0 radical (unpaired) electrons. The van der Waals surface area contributed by atoms with Gasteiger partial charge in [0.1, 0.15) is 0 Å². The van der Waals surface area contributed by atoms with Crippen molar-refractivity contribution in [2.24, 2.45) is 0 Å². The van der Waals surface area contributed by atoms with Crippen LogP contribution in [-0.2, 0) is 13.1 Å². The summed E-state index contributed by atoms with van der Waals surface area (Å²) in [6.07, 6.45) is 0. The summed E-state index contributed by atoms with van der Waals surface area (Å²) in [6.45, 7) is 4.84. The number of hydrogen-bond acceptors (Lipinski definition) is 2. The molecule has 2 aromatic rings. The first-order valence-electron chi connectivity index (χ1n) is 6.95. The van der Waals surface area contributed by atoms with Gasteiger partial charge in [-0.1, -0.05) is 48.9 Å². The third kappa shape index (κ3) is 3.99. The number of nitrogens with one attached hydrogen (secondary N) is 1. The van der Waals surface area contributed by atoms with Gasteiger partial charge in [0.15, 0.2) is 0 Å². The zero-order chi connectivity index (χ0) is 14.4. The third-order valence-electron chi connectivity index (χ3n) is 3.32. The van der Waals surface area contributed by atoms with E-state index in [2.05, 4.69) is 54.5 Å². The van der Waals surface area contributed by atoms with Gasteiger partial charge in [-0.15, -0.1) is 0 Å². The van der Waals surface area contributed by atoms with Gasteiger partial charge in [0.05, 0.1) is 0 Å². The number of rotatable bonds is 6. The van der Waals surface area contributed by atoms with Crippen LogP contribution in [0, 0.1) is 0 Å². The van der Waals surface area contributed by atoms with Crippen LogP contribution in [0.5, 0.6) is 0 Å². The molecule has 0 aliphatic carbocycles. The molecule has 20 heavy (non-hydrogen) atoms. The van der Waals surface area contributed by atoms with Crippen molar-refractivity contribution in [2.45, 2.75) is 20.0 Å². The predicted octanol–water partition coefficient (Wildman–Crippen LogP) is 4.09. The van der Waals surface area contributed by atoms with Crippen molar-refractivity contribution in [2.75, 3.05) is 18.5 Å². The smallest absolute Gasteiger partial charge is 0.0455 e. The topological polar surface area (TPSA) is 15.3 Å². The molecular weight excluding hydrogens is 268 g/mol. The van der Waals surface area contributed by atoms with E-state index < -0.39 is 0 Å². The summed E-state index contributed by atoms with van der Waals surface area (Å²) in [6, 6.07) is 16.6. The Morgan fingerprint density at radius 1 is 1.05 bits per heavy atom. The number of halogens is 1. The fourth-order valence-electron chi connectivity index (χ4n) is 2.11. The first kappa shape index (κ1) is 14.9. The van der Waals surface area contributed by atoms with Crippen molar-refractivity contribution in [3.05, 3.63) is 64.7 Å². The lowest BCUT2D eigenvalue weighted by atomic mass is 10.1. The van der Waals surface area contributed by atoms with Crippen LogP contribution < -0.4 is 10.2 Å². The van der Waals surface area contributed by atoms with E-state index in [-0.39, 0.29) is 0 Å². The Balaban J connectivity index is 2.02. The predicted molar refractivity (Wildman–Crippen MR) is 87.4 cm³/mol. The van der Waals surface area contributed by atoms with E-state index in [1.165, 1.54) is 11.3 Å². The van der Waals surface area contributed by atoms with Crippen LogP contribution in [0.25, 0.3) is 0 Å². The van der Waals surface area contributed by atoms with Crippen molar-refractivity contribution in [3.63, 3.8) is 0 Å². The van der Waals surface area contributed by atoms with Crippen molar-refractivity contribution in [3.8, 4) is 0 Å². The molecule has 0 aromatic heterocycles. The zero-order valence-electron chi connectivity index (χ0n) is 12.1. The zero-order valence-corrected chi connectivity index (χ0v) is 12.8. The van der Waals surface area contributed by atoms with Gasteiger partial charge < -0.3 is 10.2 Å². The second-order valence-electron chi connectivity index (χ2n) is 4.89. The van der Waals surface area contributed by atoms with E-state index in [0.29, 0.717) is 0 Å². The Morgan fingerprint density at radius 2 is 1.75 bits per heavy atom. The van der Waals surface area contributed by atoms with E-state index >= 15 is 0 Å². The van der Waals surface area contributed by atoms with Crippen LogP contribution in [-0.4, -0.2) is 13.6 Å². The van der Waals surface area contributed by atoms with Gasteiger partial charge in [0.2, 0.25) is 0 Å². The van der Waals surface area contributed by atoms with E-state index in [1.54, 1.807) is 0 Å². The summed E-state index contributed by atoms with van der Waals surface area (Å²) in [5, 5.41) is 4.15. The molecule has 1 N–H and O–H groups in total. The molecule has 0 aliphatic heterocycles. The minimum absolute atomic E-state index is 0.812. The van der Waals surface area contributed by atoms with Crippen LogP contribution in [0.3, 0.4) is 0 Å². The summed E-state index contributed by atoms with van der Waals surface area (Å²) in [7, 11) is 2.09. The normalized spacial score (nSPS) is 10.6. The molecule has 0 saturated carbocycles. The van der Waals surface area contributed by atoms with Crippen LogP contribution >= 0.6 is 11.6 Å². The fraction of sp³-hybridized carbons (Fsp3) is 0.294. The molecular formula is C17H21ClN2. The highest BCUT2D eigenvalue weighted by molar-refractivity contribution is 6.31. The van der Waals surface area contributed by atoms with Crippen LogP contribution in [0.1, 0.15) is 18.1 Å². The number of nitrogens with zero attached hydrogens (tertiary/aromatic N) is 1. The van der Waals surface area contributed by atoms with Crippen LogP contribution in [0.2, 0.25) is 5.02 Å². The van der Waals surface area contributed by atoms with Crippen LogP contribution in [0.15, 0.2) is 48.5 Å². The summed E-state index contributed by atoms with van der Waals surface area (Å²) < 4.78 is 0. The number of hydrogen-bond donors (Lipinski definition) is 1. The van der Waals surface area contributed by atoms with E-state index in [4.69, 9.17) is 11.6 Å². The molecule has 2 nitrogen and oxygen atoms in total. The average Bonchev–Trinajstić information content (AvgIpc) is 2.48. The van der Waals surface area contributed by atoms with Gasteiger partial charge in [-0.25, -0.2) is 0 Å². The second kappa shape index (κ2) is 7.32. The lowest BCUT2D eigenvalue weighted by molar-refractivity contribution is 0.726. The SMILES string of the molecule is CCNCc1ccc(N(C)Cc2ccccc2Cl)cc1. The van der Waals surface area contributed by atoms with Crippen molar-refractivity contribution >= 4 is 17.3 Å². The molecule has 0 amide bonds. The Labute approximate surface area is 126 Å². The van der Waals surface area contributed by atoms with E-state index in [9.17, 15) is 0 Å². The first-order chi connectivity index (χ1) is 9.70. The number of anilines is 1. The molecule has 106 valence electrons. The van der Waals surface area contributed by atoms with Gasteiger partial charge in [0, 0.05) is 30.8 Å². The van der Waals surface area contributed by atoms with E-state index in [1.807, 2.05) is 18.2 Å². The molecule has 2 aromatic carbocycles.